The predicted octanol–water partition coefficient (Wildman–Crippen LogP) is 4.79. The second-order valence-corrected chi connectivity index (χ2v) is 9.18. The van der Waals surface area contributed by atoms with Crippen molar-refractivity contribution in [2.45, 2.75) is 12.3 Å². The molecule has 0 aromatic heterocycles. The Morgan fingerprint density at radius 2 is 1.77 bits per heavy atom. The van der Waals surface area contributed by atoms with Crippen LogP contribution in [0.25, 0.3) is 0 Å². The number of nitrogens with one attached hydrogen (secondary N) is 2. The van der Waals surface area contributed by atoms with Gasteiger partial charge in [-0.15, -0.1) is 0 Å². The molecule has 162 valence electrons. The van der Waals surface area contributed by atoms with Gasteiger partial charge in [-0.2, -0.15) is 0 Å². The van der Waals surface area contributed by atoms with Crippen LogP contribution in [0.5, 0.6) is 0 Å². The molecule has 0 heterocycles. The smallest absolute Gasteiger partial charge is 0.260 e. The van der Waals surface area contributed by atoms with E-state index in [1.165, 1.54) is 24.3 Å². The van der Waals surface area contributed by atoms with E-state index in [4.69, 9.17) is 28.9 Å². The standard InChI is InChI=1S/C21H18Cl2FN3O3S/c22-15-4-1-3-13(9-15)12-31(29,30)27-19-10-16(8-7-14(19)11-25)26-21(28)20-17(23)5-2-6-18(20)24/h1-10,27H,11-12,25H2,(H,26,28). The van der Waals surface area contributed by atoms with E-state index in [1.807, 2.05) is 0 Å². The summed E-state index contributed by atoms with van der Waals surface area (Å²) >= 11 is 11.8. The van der Waals surface area contributed by atoms with E-state index in [1.54, 1.807) is 30.3 Å². The summed E-state index contributed by atoms with van der Waals surface area (Å²) < 4.78 is 41.8. The zero-order chi connectivity index (χ0) is 22.6. The van der Waals surface area contributed by atoms with Crippen molar-refractivity contribution in [3.63, 3.8) is 0 Å². The normalized spacial score (nSPS) is 11.2. The minimum absolute atomic E-state index is 0.0430. The van der Waals surface area contributed by atoms with E-state index >= 15 is 0 Å². The quantitative estimate of drug-likeness (QED) is 0.451. The van der Waals surface area contributed by atoms with Gasteiger partial charge in [-0.3, -0.25) is 9.52 Å². The van der Waals surface area contributed by atoms with Gasteiger partial charge in [-0.1, -0.05) is 47.5 Å². The molecule has 3 rings (SSSR count). The summed E-state index contributed by atoms with van der Waals surface area (Å²) in [4.78, 5) is 12.5. The number of amides is 1. The third kappa shape index (κ3) is 5.95. The number of benzene rings is 3. The monoisotopic (exact) mass is 481 g/mol. The van der Waals surface area contributed by atoms with Crippen molar-refractivity contribution in [2.24, 2.45) is 5.73 Å². The molecule has 0 aliphatic heterocycles. The van der Waals surface area contributed by atoms with Gasteiger partial charge < -0.3 is 11.1 Å². The number of nitrogens with two attached hydrogens (primary N) is 1. The van der Waals surface area contributed by atoms with Gasteiger partial charge in [0.2, 0.25) is 10.0 Å². The fourth-order valence-electron chi connectivity index (χ4n) is 2.89. The van der Waals surface area contributed by atoms with Crippen molar-refractivity contribution in [2.75, 3.05) is 10.0 Å². The maximum absolute atomic E-state index is 14.0. The number of hydrogen-bond acceptors (Lipinski definition) is 4. The van der Waals surface area contributed by atoms with Crippen LogP contribution in [0.4, 0.5) is 15.8 Å². The molecular formula is C21H18Cl2FN3O3S. The van der Waals surface area contributed by atoms with E-state index in [0.29, 0.717) is 16.1 Å². The molecule has 1 amide bonds. The molecular weight excluding hydrogens is 464 g/mol. The Kier molecular flexibility index (Phi) is 7.17. The SMILES string of the molecule is NCc1ccc(NC(=O)c2c(F)cccc2Cl)cc1NS(=O)(=O)Cc1cccc(Cl)c1. The number of hydrogen-bond donors (Lipinski definition) is 3. The molecule has 0 aliphatic rings. The molecule has 0 spiro atoms. The third-order valence-corrected chi connectivity index (χ3v) is 6.08. The highest BCUT2D eigenvalue weighted by atomic mass is 35.5. The molecule has 0 bridgehead atoms. The van der Waals surface area contributed by atoms with Crippen LogP contribution in [0.3, 0.4) is 0 Å². The van der Waals surface area contributed by atoms with Crippen molar-refractivity contribution < 1.29 is 17.6 Å². The lowest BCUT2D eigenvalue weighted by molar-refractivity contribution is 0.102. The topological polar surface area (TPSA) is 101 Å². The second kappa shape index (κ2) is 9.65. The third-order valence-electron chi connectivity index (χ3n) is 4.29. The molecule has 0 saturated heterocycles. The Balaban J connectivity index is 1.84. The highest BCUT2D eigenvalue weighted by molar-refractivity contribution is 7.91. The lowest BCUT2D eigenvalue weighted by Gasteiger charge is -2.14. The summed E-state index contributed by atoms with van der Waals surface area (Å²) in [6.45, 7) is 0.0579. The van der Waals surface area contributed by atoms with Gasteiger partial charge in [0.05, 0.1) is 22.0 Å². The molecule has 0 unspecified atom stereocenters. The number of carbonyl (C=O) groups excluding carboxylic acids is 1. The summed E-state index contributed by atoms with van der Waals surface area (Å²) in [6, 6.07) is 14.9. The highest BCUT2D eigenvalue weighted by Gasteiger charge is 2.18. The Hall–Kier alpha value is -2.65. The first-order valence-electron chi connectivity index (χ1n) is 9.02. The van der Waals surface area contributed by atoms with Crippen molar-refractivity contribution in [3.8, 4) is 0 Å². The number of rotatable bonds is 7. The molecule has 4 N–H and O–H groups in total. The van der Waals surface area contributed by atoms with E-state index < -0.39 is 21.7 Å². The Labute approximate surface area is 189 Å². The fraction of sp³-hybridized carbons (Fsp3) is 0.0952. The van der Waals surface area contributed by atoms with Gasteiger partial charge in [0, 0.05) is 17.3 Å². The predicted molar refractivity (Wildman–Crippen MR) is 121 cm³/mol. The lowest BCUT2D eigenvalue weighted by Crippen LogP contribution is -2.18. The number of anilines is 2. The minimum atomic E-state index is -3.81. The second-order valence-electron chi connectivity index (χ2n) is 6.62. The van der Waals surface area contributed by atoms with Gasteiger partial charge in [-0.25, -0.2) is 12.8 Å². The molecule has 10 heteroatoms. The van der Waals surface area contributed by atoms with Gasteiger partial charge >= 0.3 is 0 Å². The van der Waals surface area contributed by atoms with Crippen LogP contribution in [0, 0.1) is 5.82 Å². The van der Waals surface area contributed by atoms with Gasteiger partial charge in [0.15, 0.2) is 0 Å². The zero-order valence-electron chi connectivity index (χ0n) is 16.0. The van der Waals surface area contributed by atoms with Crippen LogP contribution in [0.2, 0.25) is 10.0 Å². The lowest BCUT2D eigenvalue weighted by atomic mass is 10.1. The van der Waals surface area contributed by atoms with Crippen molar-refractivity contribution in [1.82, 2.24) is 0 Å². The number of sulfonamides is 1. The van der Waals surface area contributed by atoms with E-state index in [-0.39, 0.29) is 34.3 Å². The summed E-state index contributed by atoms with van der Waals surface area (Å²) in [5.74, 6) is -1.85. The van der Waals surface area contributed by atoms with Gasteiger partial charge in [0.1, 0.15) is 5.82 Å². The molecule has 0 atom stereocenters. The Morgan fingerprint density at radius 3 is 2.45 bits per heavy atom. The molecule has 6 nitrogen and oxygen atoms in total. The van der Waals surface area contributed by atoms with Crippen molar-refractivity contribution in [3.05, 3.63) is 93.2 Å². The summed E-state index contributed by atoms with van der Waals surface area (Å²) in [5.41, 5.74) is 6.86. The van der Waals surface area contributed by atoms with Gasteiger partial charge in [0.25, 0.3) is 5.91 Å². The first-order valence-corrected chi connectivity index (χ1v) is 11.4. The average molecular weight is 482 g/mol. The molecule has 31 heavy (non-hydrogen) atoms. The summed E-state index contributed by atoms with van der Waals surface area (Å²) in [5, 5.41) is 2.90. The first-order chi connectivity index (χ1) is 14.7. The first kappa shape index (κ1) is 23.0. The van der Waals surface area contributed by atoms with Crippen molar-refractivity contribution >= 4 is 50.5 Å². The summed E-state index contributed by atoms with van der Waals surface area (Å²) in [7, 11) is -3.81. The molecule has 0 fully saturated rings. The number of halogens is 3. The zero-order valence-corrected chi connectivity index (χ0v) is 18.4. The van der Waals surface area contributed by atoms with Crippen LogP contribution in [0.1, 0.15) is 21.5 Å². The minimum Gasteiger partial charge on any atom is -0.326 e. The maximum atomic E-state index is 14.0. The van der Waals surface area contributed by atoms with Crippen LogP contribution < -0.4 is 15.8 Å². The van der Waals surface area contributed by atoms with Crippen LogP contribution in [-0.2, 0) is 22.3 Å². The highest BCUT2D eigenvalue weighted by Crippen LogP contribution is 2.25. The fourth-order valence-corrected chi connectivity index (χ4v) is 4.56. The number of carbonyl (C=O) groups is 1. The molecule has 0 aliphatic carbocycles. The maximum Gasteiger partial charge on any atom is 0.260 e. The molecule has 0 radical (unpaired) electrons. The van der Waals surface area contributed by atoms with E-state index in [2.05, 4.69) is 10.0 Å². The Bertz CT molecular complexity index is 1220. The Morgan fingerprint density at radius 1 is 1.03 bits per heavy atom. The van der Waals surface area contributed by atoms with Crippen LogP contribution >= 0.6 is 23.2 Å². The van der Waals surface area contributed by atoms with Gasteiger partial charge in [-0.05, 0) is 47.5 Å². The molecule has 3 aromatic carbocycles. The van der Waals surface area contributed by atoms with E-state index in [0.717, 1.165) is 6.07 Å². The van der Waals surface area contributed by atoms with E-state index in [9.17, 15) is 17.6 Å². The molecule has 3 aromatic rings. The molecule has 0 saturated carbocycles. The summed E-state index contributed by atoms with van der Waals surface area (Å²) in [6.07, 6.45) is 0. The largest absolute Gasteiger partial charge is 0.326 e. The average Bonchev–Trinajstić information content (AvgIpc) is 2.67. The van der Waals surface area contributed by atoms with Crippen molar-refractivity contribution in [1.29, 1.82) is 0 Å². The van der Waals surface area contributed by atoms with Crippen LogP contribution in [0.15, 0.2) is 60.7 Å². The van der Waals surface area contributed by atoms with Crippen LogP contribution in [-0.4, -0.2) is 14.3 Å².